The summed E-state index contributed by atoms with van der Waals surface area (Å²) in [5.74, 6) is 0. The smallest absolute Gasteiger partial charge is 0.386 e. The molecule has 1 atom stereocenters. The molecular formula is C19H21F3N4O2. The number of hydrogen-bond acceptors (Lipinski definition) is 4. The molecule has 1 aliphatic rings. The van der Waals surface area contributed by atoms with Crippen molar-refractivity contribution in [1.29, 1.82) is 0 Å². The molecule has 1 aliphatic heterocycles. The Morgan fingerprint density at radius 2 is 2.07 bits per heavy atom. The van der Waals surface area contributed by atoms with E-state index in [9.17, 15) is 23.1 Å². The van der Waals surface area contributed by atoms with Crippen molar-refractivity contribution >= 4 is 6.03 Å². The summed E-state index contributed by atoms with van der Waals surface area (Å²) < 4.78 is 38.6. The number of amides is 2. The quantitative estimate of drug-likeness (QED) is 0.844. The van der Waals surface area contributed by atoms with Crippen LogP contribution < -0.4 is 0 Å². The number of nitrogens with zero attached hydrogens (tertiary/aromatic N) is 4. The number of alkyl halides is 3. The van der Waals surface area contributed by atoms with E-state index < -0.39 is 18.0 Å². The zero-order valence-corrected chi connectivity index (χ0v) is 15.4. The lowest BCUT2D eigenvalue weighted by atomic mass is 10.1. The third-order valence-corrected chi connectivity index (χ3v) is 4.59. The molecule has 6 nitrogen and oxygen atoms in total. The minimum Gasteiger partial charge on any atom is -0.386 e. The van der Waals surface area contributed by atoms with Crippen LogP contribution in [0.1, 0.15) is 41.8 Å². The number of halogens is 3. The maximum Gasteiger partial charge on any atom is 0.433 e. The fourth-order valence-electron chi connectivity index (χ4n) is 3.19. The van der Waals surface area contributed by atoms with Gasteiger partial charge in [0.05, 0.1) is 12.6 Å². The van der Waals surface area contributed by atoms with Crippen molar-refractivity contribution in [1.82, 2.24) is 19.8 Å². The number of aromatic nitrogens is 2. The number of hydrogen-bond donors (Lipinski definition) is 1. The van der Waals surface area contributed by atoms with Crippen LogP contribution in [0.3, 0.4) is 0 Å². The van der Waals surface area contributed by atoms with Gasteiger partial charge in [0.15, 0.2) is 0 Å². The molecule has 0 aromatic carbocycles. The molecule has 150 valence electrons. The molecule has 0 saturated heterocycles. The van der Waals surface area contributed by atoms with Gasteiger partial charge in [-0.3, -0.25) is 9.97 Å². The molecule has 1 N–H and O–H groups in total. The Bertz CT molecular complexity index is 830. The number of urea groups is 1. The molecular weight excluding hydrogens is 373 g/mol. The lowest BCUT2D eigenvalue weighted by molar-refractivity contribution is -0.141. The standard InChI is InChI=1S/C19H21F3N4O2/c1-2-6-25(12-16(27)13-4-3-5-23-8-13)18(28)26-10-14-7-17(19(20,21)22)24-9-15(14)11-26/h3-5,7-9,16,27H,2,6,10-12H2,1H3. The number of aliphatic hydroxyl groups is 1. The van der Waals surface area contributed by atoms with Gasteiger partial charge in [-0.05, 0) is 29.7 Å². The molecule has 2 aromatic heterocycles. The molecule has 3 rings (SSSR count). The minimum absolute atomic E-state index is 0.0806. The number of carbonyl (C=O) groups is 1. The summed E-state index contributed by atoms with van der Waals surface area (Å²) in [4.78, 5) is 23.3. The van der Waals surface area contributed by atoms with Gasteiger partial charge in [-0.15, -0.1) is 0 Å². The van der Waals surface area contributed by atoms with E-state index in [0.29, 0.717) is 29.7 Å². The number of fused-ring (bicyclic) bond motifs is 1. The van der Waals surface area contributed by atoms with Gasteiger partial charge < -0.3 is 14.9 Å². The number of aliphatic hydroxyl groups excluding tert-OH is 1. The van der Waals surface area contributed by atoms with Crippen molar-refractivity contribution < 1.29 is 23.1 Å². The average molecular weight is 394 g/mol. The van der Waals surface area contributed by atoms with Crippen molar-refractivity contribution in [2.45, 2.75) is 38.7 Å². The fraction of sp³-hybridized carbons (Fsp3) is 0.421. The predicted molar refractivity (Wildman–Crippen MR) is 94.9 cm³/mol. The van der Waals surface area contributed by atoms with Gasteiger partial charge in [-0.2, -0.15) is 13.2 Å². The van der Waals surface area contributed by atoms with E-state index >= 15 is 0 Å². The largest absolute Gasteiger partial charge is 0.433 e. The van der Waals surface area contributed by atoms with Crippen LogP contribution in [-0.4, -0.2) is 44.0 Å². The third-order valence-electron chi connectivity index (χ3n) is 4.59. The Kier molecular flexibility index (Phi) is 5.83. The highest BCUT2D eigenvalue weighted by Crippen LogP contribution is 2.31. The normalized spacial score (nSPS) is 14.7. The number of pyridine rings is 2. The van der Waals surface area contributed by atoms with Crippen LogP contribution in [0.15, 0.2) is 36.8 Å². The third kappa shape index (κ3) is 4.41. The second-order valence-corrected chi connectivity index (χ2v) is 6.72. The van der Waals surface area contributed by atoms with Gasteiger partial charge in [-0.1, -0.05) is 13.0 Å². The van der Waals surface area contributed by atoms with Gasteiger partial charge in [0, 0.05) is 43.8 Å². The van der Waals surface area contributed by atoms with Gasteiger partial charge in [0.1, 0.15) is 5.69 Å². The molecule has 0 bridgehead atoms. The first kappa shape index (κ1) is 20.1. The zero-order valence-electron chi connectivity index (χ0n) is 15.4. The first-order valence-electron chi connectivity index (χ1n) is 8.96. The van der Waals surface area contributed by atoms with Gasteiger partial charge >= 0.3 is 12.2 Å². The van der Waals surface area contributed by atoms with Crippen LogP contribution in [0.25, 0.3) is 0 Å². The fourth-order valence-corrected chi connectivity index (χ4v) is 3.19. The lowest BCUT2D eigenvalue weighted by Gasteiger charge is -2.29. The minimum atomic E-state index is -4.52. The van der Waals surface area contributed by atoms with E-state index in [-0.39, 0.29) is 25.7 Å². The Morgan fingerprint density at radius 1 is 1.32 bits per heavy atom. The molecule has 3 heterocycles. The van der Waals surface area contributed by atoms with Crippen LogP contribution in [0.5, 0.6) is 0 Å². The summed E-state index contributed by atoms with van der Waals surface area (Å²) in [5, 5.41) is 10.4. The Labute approximate surface area is 160 Å². The summed E-state index contributed by atoms with van der Waals surface area (Å²) >= 11 is 0. The highest BCUT2D eigenvalue weighted by Gasteiger charge is 2.35. The molecule has 2 amide bonds. The zero-order chi connectivity index (χ0) is 20.3. The SMILES string of the molecule is CCCN(CC(O)c1cccnc1)C(=O)N1Cc2cnc(C(F)(F)F)cc2C1. The first-order valence-corrected chi connectivity index (χ1v) is 8.96. The Morgan fingerprint density at radius 3 is 2.71 bits per heavy atom. The molecule has 0 spiro atoms. The lowest BCUT2D eigenvalue weighted by Crippen LogP contribution is -2.43. The summed E-state index contributed by atoms with van der Waals surface area (Å²) in [6.07, 6.45) is -0.418. The summed E-state index contributed by atoms with van der Waals surface area (Å²) in [6.45, 7) is 2.70. The molecule has 0 saturated carbocycles. The summed E-state index contributed by atoms with van der Waals surface area (Å²) in [7, 11) is 0. The van der Waals surface area contributed by atoms with Crippen molar-refractivity contribution in [2.75, 3.05) is 13.1 Å². The number of rotatable bonds is 5. The van der Waals surface area contributed by atoms with E-state index in [1.807, 2.05) is 6.92 Å². The molecule has 1 unspecified atom stereocenters. The van der Waals surface area contributed by atoms with Crippen molar-refractivity contribution in [3.63, 3.8) is 0 Å². The van der Waals surface area contributed by atoms with Crippen LogP contribution in [0.2, 0.25) is 0 Å². The molecule has 2 aromatic rings. The van der Waals surface area contributed by atoms with Crippen molar-refractivity contribution in [3.05, 3.63) is 59.2 Å². The second-order valence-electron chi connectivity index (χ2n) is 6.72. The summed E-state index contributed by atoms with van der Waals surface area (Å²) in [5.41, 5.74) is 0.684. The Balaban J connectivity index is 1.71. The Hall–Kier alpha value is -2.68. The highest BCUT2D eigenvalue weighted by atomic mass is 19.4. The van der Waals surface area contributed by atoms with Crippen LogP contribution >= 0.6 is 0 Å². The molecule has 28 heavy (non-hydrogen) atoms. The highest BCUT2D eigenvalue weighted by molar-refractivity contribution is 5.75. The van der Waals surface area contributed by atoms with Gasteiger partial charge in [0.2, 0.25) is 0 Å². The second kappa shape index (κ2) is 8.14. The van der Waals surface area contributed by atoms with E-state index in [1.165, 1.54) is 22.2 Å². The topological polar surface area (TPSA) is 69.6 Å². The van der Waals surface area contributed by atoms with Crippen molar-refractivity contribution in [2.24, 2.45) is 0 Å². The van der Waals surface area contributed by atoms with Gasteiger partial charge in [-0.25, -0.2) is 4.79 Å². The first-order chi connectivity index (χ1) is 13.3. The predicted octanol–water partition coefficient (Wildman–Crippen LogP) is 3.38. The van der Waals surface area contributed by atoms with Crippen molar-refractivity contribution in [3.8, 4) is 0 Å². The van der Waals surface area contributed by atoms with Crippen LogP contribution in [-0.2, 0) is 19.3 Å². The average Bonchev–Trinajstić information content (AvgIpc) is 3.10. The molecule has 9 heteroatoms. The summed E-state index contributed by atoms with van der Waals surface area (Å²) in [6, 6.07) is 4.10. The van der Waals surface area contributed by atoms with E-state index in [2.05, 4.69) is 9.97 Å². The van der Waals surface area contributed by atoms with Gasteiger partial charge in [0.25, 0.3) is 0 Å². The van der Waals surface area contributed by atoms with E-state index in [4.69, 9.17) is 0 Å². The molecule has 0 aliphatic carbocycles. The van der Waals surface area contributed by atoms with Crippen LogP contribution in [0.4, 0.5) is 18.0 Å². The maximum atomic E-state index is 12.9. The van der Waals surface area contributed by atoms with E-state index in [0.717, 1.165) is 6.07 Å². The van der Waals surface area contributed by atoms with E-state index in [1.54, 1.807) is 18.3 Å². The van der Waals surface area contributed by atoms with Crippen LogP contribution in [0, 0.1) is 0 Å². The monoisotopic (exact) mass is 394 g/mol. The number of carbonyl (C=O) groups excluding carboxylic acids is 1. The maximum absolute atomic E-state index is 12.9. The molecule has 0 fully saturated rings. The molecule has 0 radical (unpaired) electrons.